The molecule has 1 aliphatic heterocycles. The van der Waals surface area contributed by atoms with Crippen LogP contribution in [0.3, 0.4) is 0 Å². The molecule has 0 saturated heterocycles. The third kappa shape index (κ3) is 3.24. The number of anilines is 2. The highest BCUT2D eigenvalue weighted by Gasteiger charge is 2.30. The first kappa shape index (κ1) is 19.8. The Kier molecular flexibility index (Phi) is 5.31. The van der Waals surface area contributed by atoms with Crippen molar-refractivity contribution in [3.05, 3.63) is 59.7 Å². The zero-order valence-electron chi connectivity index (χ0n) is 17.3. The lowest BCUT2D eigenvalue weighted by molar-refractivity contribution is 0.0990. The maximum absolute atomic E-state index is 13.0. The summed E-state index contributed by atoms with van der Waals surface area (Å²) >= 11 is 0. The molecule has 0 unspecified atom stereocenters. The molecule has 1 N–H and O–H groups in total. The van der Waals surface area contributed by atoms with Crippen molar-refractivity contribution in [2.24, 2.45) is 0 Å². The standard InChI is InChI=1S/C24H24N2O4/c1-4-5-13-26-20-11-10-19(16-7-6-8-17(22(16)20)24(26)28)25-23(27)18-14-15(29-2)9-12-21(18)30-3/h6-12,14H,4-5,13H2,1-3H3,(H,25,27). The van der Waals surface area contributed by atoms with Crippen molar-refractivity contribution in [3.8, 4) is 11.5 Å². The Hall–Kier alpha value is -3.54. The summed E-state index contributed by atoms with van der Waals surface area (Å²) in [6.45, 7) is 2.79. The van der Waals surface area contributed by atoms with Crippen LogP contribution in [-0.4, -0.2) is 32.6 Å². The smallest absolute Gasteiger partial charge is 0.259 e. The summed E-state index contributed by atoms with van der Waals surface area (Å²) in [7, 11) is 3.07. The number of hydrogen-bond donors (Lipinski definition) is 1. The Balaban J connectivity index is 1.73. The van der Waals surface area contributed by atoms with Gasteiger partial charge in [-0.3, -0.25) is 9.59 Å². The number of unbranched alkanes of at least 4 members (excludes halogenated alkanes) is 1. The molecule has 0 aliphatic carbocycles. The zero-order chi connectivity index (χ0) is 21.3. The van der Waals surface area contributed by atoms with Crippen molar-refractivity contribution in [1.29, 1.82) is 0 Å². The predicted molar refractivity (Wildman–Crippen MR) is 118 cm³/mol. The Morgan fingerprint density at radius 2 is 1.90 bits per heavy atom. The van der Waals surface area contributed by atoms with Gasteiger partial charge in [0.1, 0.15) is 11.5 Å². The number of benzene rings is 3. The summed E-state index contributed by atoms with van der Waals surface area (Å²) in [4.78, 5) is 27.8. The number of nitrogens with zero attached hydrogens (tertiary/aromatic N) is 1. The van der Waals surface area contributed by atoms with Gasteiger partial charge in [0.15, 0.2) is 0 Å². The number of ether oxygens (including phenoxy) is 2. The average Bonchev–Trinajstić information content (AvgIpc) is 3.06. The van der Waals surface area contributed by atoms with Crippen LogP contribution in [0.15, 0.2) is 48.5 Å². The van der Waals surface area contributed by atoms with Crippen molar-refractivity contribution in [1.82, 2.24) is 0 Å². The second-order valence-corrected chi connectivity index (χ2v) is 7.19. The highest BCUT2D eigenvalue weighted by Crippen LogP contribution is 2.41. The maximum atomic E-state index is 13.0. The summed E-state index contributed by atoms with van der Waals surface area (Å²) in [6.07, 6.45) is 1.95. The lowest BCUT2D eigenvalue weighted by Gasteiger charge is -2.18. The molecule has 154 valence electrons. The van der Waals surface area contributed by atoms with Gasteiger partial charge in [0.2, 0.25) is 0 Å². The number of rotatable bonds is 7. The highest BCUT2D eigenvalue weighted by atomic mass is 16.5. The largest absolute Gasteiger partial charge is 0.497 e. The van der Waals surface area contributed by atoms with E-state index in [2.05, 4.69) is 12.2 Å². The first-order chi connectivity index (χ1) is 14.6. The van der Waals surface area contributed by atoms with Crippen molar-refractivity contribution in [2.45, 2.75) is 19.8 Å². The quantitative estimate of drug-likeness (QED) is 0.610. The van der Waals surface area contributed by atoms with Crippen molar-refractivity contribution < 1.29 is 19.1 Å². The molecular formula is C24H24N2O4. The Labute approximate surface area is 175 Å². The Morgan fingerprint density at radius 1 is 1.07 bits per heavy atom. The number of methoxy groups -OCH3 is 2. The van der Waals surface area contributed by atoms with E-state index >= 15 is 0 Å². The van der Waals surface area contributed by atoms with E-state index in [1.165, 1.54) is 7.11 Å². The highest BCUT2D eigenvalue weighted by molar-refractivity contribution is 6.27. The van der Waals surface area contributed by atoms with E-state index in [9.17, 15) is 9.59 Å². The van der Waals surface area contributed by atoms with Crippen LogP contribution in [-0.2, 0) is 0 Å². The summed E-state index contributed by atoms with van der Waals surface area (Å²) in [5.74, 6) is 0.735. The fourth-order valence-corrected chi connectivity index (χ4v) is 3.87. The third-order valence-corrected chi connectivity index (χ3v) is 5.42. The van der Waals surface area contributed by atoms with Crippen LogP contribution in [0.5, 0.6) is 11.5 Å². The molecule has 6 heteroatoms. The molecule has 1 aliphatic rings. The molecule has 1 heterocycles. The predicted octanol–water partition coefficient (Wildman–Crippen LogP) is 4.87. The van der Waals surface area contributed by atoms with Gasteiger partial charge in [0, 0.05) is 28.6 Å². The Morgan fingerprint density at radius 3 is 2.63 bits per heavy atom. The first-order valence-electron chi connectivity index (χ1n) is 10.00. The molecule has 2 amide bonds. The van der Waals surface area contributed by atoms with Crippen LogP contribution in [0.25, 0.3) is 10.8 Å². The molecule has 0 aromatic heterocycles. The summed E-state index contributed by atoms with van der Waals surface area (Å²) in [6, 6.07) is 14.5. The average molecular weight is 404 g/mol. The molecule has 4 rings (SSSR count). The van der Waals surface area contributed by atoms with E-state index in [0.29, 0.717) is 34.9 Å². The second-order valence-electron chi connectivity index (χ2n) is 7.19. The van der Waals surface area contributed by atoms with Gasteiger partial charge in [-0.2, -0.15) is 0 Å². The van der Waals surface area contributed by atoms with E-state index < -0.39 is 0 Å². The lowest BCUT2D eigenvalue weighted by Crippen LogP contribution is -2.27. The van der Waals surface area contributed by atoms with Crippen LogP contribution in [0.4, 0.5) is 11.4 Å². The van der Waals surface area contributed by atoms with E-state index in [-0.39, 0.29) is 11.8 Å². The van der Waals surface area contributed by atoms with Crippen LogP contribution >= 0.6 is 0 Å². The van der Waals surface area contributed by atoms with Crippen LogP contribution < -0.4 is 19.7 Å². The van der Waals surface area contributed by atoms with Crippen LogP contribution in [0, 0.1) is 0 Å². The van der Waals surface area contributed by atoms with Gasteiger partial charge in [-0.15, -0.1) is 0 Å². The second kappa shape index (κ2) is 8.06. The lowest BCUT2D eigenvalue weighted by atomic mass is 10.0. The van der Waals surface area contributed by atoms with Crippen LogP contribution in [0.2, 0.25) is 0 Å². The SMILES string of the molecule is CCCCN1C(=O)c2cccc3c(NC(=O)c4cc(OC)ccc4OC)ccc1c23. The summed E-state index contributed by atoms with van der Waals surface area (Å²) in [5.41, 5.74) is 2.60. The third-order valence-electron chi connectivity index (χ3n) is 5.42. The Bertz CT molecular complexity index is 1140. The van der Waals surface area contributed by atoms with E-state index in [0.717, 1.165) is 29.3 Å². The molecule has 3 aromatic rings. The minimum Gasteiger partial charge on any atom is -0.497 e. The fraction of sp³-hybridized carbons (Fsp3) is 0.250. The van der Waals surface area contributed by atoms with Gasteiger partial charge in [-0.1, -0.05) is 25.5 Å². The van der Waals surface area contributed by atoms with E-state index in [1.807, 2.05) is 35.2 Å². The van der Waals surface area contributed by atoms with Crippen molar-refractivity contribution in [2.75, 3.05) is 31.0 Å². The fourth-order valence-electron chi connectivity index (χ4n) is 3.87. The number of hydrogen-bond acceptors (Lipinski definition) is 4. The van der Waals surface area contributed by atoms with E-state index in [1.54, 1.807) is 25.3 Å². The molecule has 0 fully saturated rings. The monoisotopic (exact) mass is 404 g/mol. The molecule has 30 heavy (non-hydrogen) atoms. The molecule has 0 radical (unpaired) electrons. The first-order valence-corrected chi connectivity index (χ1v) is 10.00. The molecule has 6 nitrogen and oxygen atoms in total. The van der Waals surface area contributed by atoms with Gasteiger partial charge in [-0.05, 0) is 42.8 Å². The normalized spacial score (nSPS) is 12.4. The van der Waals surface area contributed by atoms with Gasteiger partial charge >= 0.3 is 0 Å². The number of amides is 2. The van der Waals surface area contributed by atoms with Gasteiger partial charge in [0.05, 0.1) is 25.5 Å². The minimum atomic E-state index is -0.307. The number of nitrogens with one attached hydrogen (secondary N) is 1. The molecule has 3 aromatic carbocycles. The van der Waals surface area contributed by atoms with Gasteiger partial charge < -0.3 is 19.7 Å². The van der Waals surface area contributed by atoms with Gasteiger partial charge in [0.25, 0.3) is 11.8 Å². The molecule has 0 saturated carbocycles. The summed E-state index contributed by atoms with van der Waals surface area (Å²) in [5, 5.41) is 4.70. The van der Waals surface area contributed by atoms with Crippen molar-refractivity contribution in [3.63, 3.8) is 0 Å². The maximum Gasteiger partial charge on any atom is 0.259 e. The molecule has 0 atom stereocenters. The molecular weight excluding hydrogens is 380 g/mol. The van der Waals surface area contributed by atoms with Crippen molar-refractivity contribution >= 4 is 34.0 Å². The molecule has 0 bridgehead atoms. The zero-order valence-corrected chi connectivity index (χ0v) is 17.3. The summed E-state index contributed by atoms with van der Waals surface area (Å²) < 4.78 is 10.6. The topological polar surface area (TPSA) is 67.9 Å². The number of carbonyl (C=O) groups excluding carboxylic acids is 2. The van der Waals surface area contributed by atoms with E-state index in [4.69, 9.17) is 9.47 Å². The molecule has 0 spiro atoms. The van der Waals surface area contributed by atoms with Gasteiger partial charge in [-0.25, -0.2) is 0 Å². The van der Waals surface area contributed by atoms with Crippen LogP contribution in [0.1, 0.15) is 40.5 Å². The minimum absolute atomic E-state index is 0.0157. The number of carbonyl (C=O) groups is 2.